The highest BCUT2D eigenvalue weighted by Gasteiger charge is 2.24. The maximum atomic E-state index is 11.1. The lowest BCUT2D eigenvalue weighted by atomic mass is 10.1. The number of nitrogens with zero attached hydrogens (tertiary/aromatic N) is 4. The number of nitrogens with one attached hydrogen (secondary N) is 1. The average Bonchev–Trinajstić information content (AvgIpc) is 2.82. The van der Waals surface area contributed by atoms with Crippen LogP contribution in [0.25, 0.3) is 0 Å². The zero-order chi connectivity index (χ0) is 14.7. The van der Waals surface area contributed by atoms with Crippen LogP contribution in [0.1, 0.15) is 19.0 Å². The van der Waals surface area contributed by atoms with Gasteiger partial charge in [-0.3, -0.25) is 10.1 Å². The molecule has 0 aromatic carbocycles. The highest BCUT2D eigenvalue weighted by atomic mass is 16.6. The van der Waals surface area contributed by atoms with Crippen molar-refractivity contribution < 1.29 is 4.92 Å². The average molecular weight is 280 g/mol. The van der Waals surface area contributed by atoms with E-state index in [9.17, 15) is 10.1 Å². The van der Waals surface area contributed by atoms with E-state index < -0.39 is 4.92 Å². The molecule has 3 N–H and O–H groups in total. The maximum absolute atomic E-state index is 11.1. The summed E-state index contributed by atoms with van der Waals surface area (Å²) in [5.74, 6) is 0.748. The van der Waals surface area contributed by atoms with E-state index in [0.717, 1.165) is 26.1 Å². The molecule has 110 valence electrons. The molecular weight excluding hydrogens is 260 g/mol. The molecular formula is C12H20N6O2. The molecule has 0 bridgehead atoms. The molecule has 1 atom stereocenters. The monoisotopic (exact) mass is 280 g/mol. The van der Waals surface area contributed by atoms with Gasteiger partial charge < -0.3 is 16.0 Å². The van der Waals surface area contributed by atoms with Crippen LogP contribution >= 0.6 is 0 Å². The highest BCUT2D eigenvalue weighted by Crippen LogP contribution is 2.26. The van der Waals surface area contributed by atoms with Crippen molar-refractivity contribution in [1.82, 2.24) is 14.9 Å². The van der Waals surface area contributed by atoms with E-state index in [1.165, 1.54) is 0 Å². The second kappa shape index (κ2) is 6.00. The van der Waals surface area contributed by atoms with E-state index in [1.54, 1.807) is 6.92 Å². The first-order chi connectivity index (χ1) is 9.51. The van der Waals surface area contributed by atoms with E-state index in [0.29, 0.717) is 12.5 Å². The molecule has 1 aliphatic heterocycles. The Morgan fingerprint density at radius 3 is 2.90 bits per heavy atom. The van der Waals surface area contributed by atoms with Gasteiger partial charge >= 0.3 is 5.69 Å². The maximum Gasteiger partial charge on any atom is 0.332 e. The molecule has 1 aliphatic rings. The fourth-order valence-corrected chi connectivity index (χ4v) is 2.54. The van der Waals surface area contributed by atoms with E-state index in [4.69, 9.17) is 5.73 Å². The van der Waals surface area contributed by atoms with E-state index in [2.05, 4.69) is 27.1 Å². The Balaban J connectivity index is 2.07. The van der Waals surface area contributed by atoms with Gasteiger partial charge in [-0.2, -0.15) is 4.98 Å². The Labute approximate surface area is 117 Å². The molecule has 2 rings (SSSR count). The number of hydrogen-bond acceptors (Lipinski definition) is 7. The topological polar surface area (TPSA) is 110 Å². The number of likely N-dealkylation sites (tertiary alicyclic amines) is 1. The van der Waals surface area contributed by atoms with Crippen molar-refractivity contribution >= 4 is 17.5 Å². The van der Waals surface area contributed by atoms with Crippen molar-refractivity contribution in [3.05, 3.63) is 15.8 Å². The van der Waals surface area contributed by atoms with Gasteiger partial charge in [-0.05, 0) is 32.4 Å². The molecule has 0 radical (unpaired) electrons. The largest absolute Gasteiger partial charge is 0.368 e. The summed E-state index contributed by atoms with van der Waals surface area (Å²) in [6.07, 6.45) is 1.09. The molecule has 0 aliphatic carbocycles. The summed E-state index contributed by atoms with van der Waals surface area (Å²) in [6.45, 7) is 7.49. The zero-order valence-corrected chi connectivity index (χ0v) is 11.8. The Kier molecular flexibility index (Phi) is 4.33. The van der Waals surface area contributed by atoms with Gasteiger partial charge in [-0.1, -0.05) is 6.92 Å². The second-order valence-corrected chi connectivity index (χ2v) is 5.05. The second-order valence-electron chi connectivity index (χ2n) is 5.05. The summed E-state index contributed by atoms with van der Waals surface area (Å²) >= 11 is 0. The SMILES string of the molecule is CCN1CCC(CNc2nc(N)nc(C)c2[N+](=O)[O-])C1. The normalized spacial score (nSPS) is 19.2. The third-order valence-corrected chi connectivity index (χ3v) is 3.63. The summed E-state index contributed by atoms with van der Waals surface area (Å²) in [5, 5.41) is 14.1. The van der Waals surface area contributed by atoms with Crippen LogP contribution in [0.3, 0.4) is 0 Å². The first kappa shape index (κ1) is 14.4. The third-order valence-electron chi connectivity index (χ3n) is 3.63. The number of nitro groups is 1. The van der Waals surface area contributed by atoms with Crippen molar-refractivity contribution in [3.63, 3.8) is 0 Å². The lowest BCUT2D eigenvalue weighted by Crippen LogP contribution is -2.23. The van der Waals surface area contributed by atoms with Crippen LogP contribution in [-0.4, -0.2) is 46.0 Å². The quantitative estimate of drug-likeness (QED) is 0.612. The number of aromatic nitrogens is 2. The number of rotatable bonds is 5. The minimum Gasteiger partial charge on any atom is -0.368 e. The summed E-state index contributed by atoms with van der Waals surface area (Å²) in [7, 11) is 0. The molecule has 1 fully saturated rings. The van der Waals surface area contributed by atoms with Gasteiger partial charge in [-0.15, -0.1) is 0 Å². The summed E-state index contributed by atoms with van der Waals surface area (Å²) in [4.78, 5) is 20.8. The minimum absolute atomic E-state index is 0.0530. The fourth-order valence-electron chi connectivity index (χ4n) is 2.54. The molecule has 0 spiro atoms. The van der Waals surface area contributed by atoms with E-state index in [1.807, 2.05) is 0 Å². The highest BCUT2D eigenvalue weighted by molar-refractivity contribution is 5.60. The van der Waals surface area contributed by atoms with Gasteiger partial charge in [0.25, 0.3) is 0 Å². The molecule has 0 amide bonds. The van der Waals surface area contributed by atoms with Crippen LogP contribution in [0.15, 0.2) is 0 Å². The lowest BCUT2D eigenvalue weighted by molar-refractivity contribution is -0.385. The first-order valence-corrected chi connectivity index (χ1v) is 6.76. The summed E-state index contributed by atoms with van der Waals surface area (Å²) in [5.41, 5.74) is 5.75. The summed E-state index contributed by atoms with van der Waals surface area (Å²) < 4.78 is 0. The minimum atomic E-state index is -0.468. The molecule has 0 saturated carbocycles. The van der Waals surface area contributed by atoms with E-state index >= 15 is 0 Å². The predicted molar refractivity (Wildman–Crippen MR) is 76.5 cm³/mol. The van der Waals surface area contributed by atoms with Gasteiger partial charge in [-0.25, -0.2) is 4.98 Å². The predicted octanol–water partition coefficient (Wildman–Crippen LogP) is 1.03. The number of hydrogen-bond donors (Lipinski definition) is 2. The van der Waals surface area contributed by atoms with Crippen molar-refractivity contribution in [2.45, 2.75) is 20.3 Å². The Bertz CT molecular complexity index is 507. The number of anilines is 2. The molecule has 1 unspecified atom stereocenters. The molecule has 20 heavy (non-hydrogen) atoms. The third kappa shape index (κ3) is 3.13. The molecule has 2 heterocycles. The molecule has 8 nitrogen and oxygen atoms in total. The van der Waals surface area contributed by atoms with Crippen LogP contribution < -0.4 is 11.1 Å². The van der Waals surface area contributed by atoms with Gasteiger partial charge in [0.1, 0.15) is 5.69 Å². The van der Waals surface area contributed by atoms with Crippen LogP contribution in [0, 0.1) is 23.0 Å². The van der Waals surface area contributed by atoms with E-state index in [-0.39, 0.29) is 23.1 Å². The van der Waals surface area contributed by atoms with Crippen LogP contribution in [-0.2, 0) is 0 Å². The van der Waals surface area contributed by atoms with Gasteiger partial charge in [0.15, 0.2) is 0 Å². The summed E-state index contributed by atoms with van der Waals surface area (Å²) in [6, 6.07) is 0. The van der Waals surface area contributed by atoms with Crippen molar-refractivity contribution in [2.75, 3.05) is 37.2 Å². The smallest absolute Gasteiger partial charge is 0.332 e. The van der Waals surface area contributed by atoms with Crippen LogP contribution in [0.4, 0.5) is 17.5 Å². The number of nitrogens with two attached hydrogens (primary N) is 1. The van der Waals surface area contributed by atoms with Crippen LogP contribution in [0.5, 0.6) is 0 Å². The fraction of sp³-hybridized carbons (Fsp3) is 0.667. The van der Waals surface area contributed by atoms with Gasteiger partial charge in [0, 0.05) is 13.1 Å². The van der Waals surface area contributed by atoms with Crippen LogP contribution in [0.2, 0.25) is 0 Å². The number of aryl methyl sites for hydroxylation is 1. The standard InChI is InChI=1S/C12H20N6O2/c1-3-17-5-4-9(7-17)6-14-11-10(18(19)20)8(2)15-12(13)16-11/h9H,3-7H2,1-2H3,(H3,13,14,15,16). The lowest BCUT2D eigenvalue weighted by Gasteiger charge is -2.14. The van der Waals surface area contributed by atoms with Crippen molar-refractivity contribution in [3.8, 4) is 0 Å². The zero-order valence-electron chi connectivity index (χ0n) is 11.8. The van der Waals surface area contributed by atoms with Gasteiger partial charge in [0.05, 0.1) is 4.92 Å². The number of nitrogen functional groups attached to an aromatic ring is 1. The van der Waals surface area contributed by atoms with Crippen molar-refractivity contribution in [2.24, 2.45) is 5.92 Å². The molecule has 1 aromatic heterocycles. The Morgan fingerprint density at radius 1 is 1.55 bits per heavy atom. The van der Waals surface area contributed by atoms with Gasteiger partial charge in [0.2, 0.25) is 11.8 Å². The Morgan fingerprint density at radius 2 is 2.30 bits per heavy atom. The van der Waals surface area contributed by atoms with Crippen molar-refractivity contribution in [1.29, 1.82) is 0 Å². The Hall–Kier alpha value is -1.96. The molecule has 1 aromatic rings. The first-order valence-electron chi connectivity index (χ1n) is 6.76. The molecule has 1 saturated heterocycles. The molecule has 8 heteroatoms.